The number of nitrogens with zero attached hydrogens (tertiary/aromatic N) is 1. The zero-order valence-corrected chi connectivity index (χ0v) is 19.1. The van der Waals surface area contributed by atoms with Gasteiger partial charge in [-0.3, -0.25) is 4.79 Å². The molecule has 0 radical (unpaired) electrons. The number of pyridine rings is 1. The summed E-state index contributed by atoms with van der Waals surface area (Å²) >= 11 is 0. The van der Waals surface area contributed by atoms with Gasteiger partial charge in [0.05, 0.1) is 12.6 Å². The van der Waals surface area contributed by atoms with Crippen LogP contribution in [0.1, 0.15) is 58.3 Å². The van der Waals surface area contributed by atoms with E-state index in [2.05, 4.69) is 12.2 Å². The number of aromatic nitrogens is 1. The number of carbonyl (C=O) groups is 1. The highest BCUT2D eigenvalue weighted by atomic mass is 16.5. The van der Waals surface area contributed by atoms with Crippen LogP contribution in [-0.4, -0.2) is 22.8 Å². The number of allylic oxidation sites excluding steroid dienone is 5. The molecule has 0 spiro atoms. The van der Waals surface area contributed by atoms with Gasteiger partial charge in [-0.25, -0.2) is 4.79 Å². The van der Waals surface area contributed by atoms with E-state index in [1.54, 1.807) is 19.2 Å². The second-order valence-corrected chi connectivity index (χ2v) is 6.43. The second-order valence-electron chi connectivity index (χ2n) is 6.43. The molecular formula is C25H33NO4. The first kappa shape index (κ1) is 25.0. The number of methoxy groups -OCH3 is 1. The molecule has 2 aromatic rings. The van der Waals surface area contributed by atoms with E-state index in [4.69, 9.17) is 4.74 Å². The molecule has 3 rings (SSSR count). The third-order valence-corrected chi connectivity index (χ3v) is 4.60. The summed E-state index contributed by atoms with van der Waals surface area (Å²) in [6.07, 6.45) is 6.34. The summed E-state index contributed by atoms with van der Waals surface area (Å²) in [6.45, 7) is 12.5. The molecule has 0 saturated carbocycles. The van der Waals surface area contributed by atoms with Crippen LogP contribution in [0.5, 0.6) is 0 Å². The first-order chi connectivity index (χ1) is 14.4. The summed E-state index contributed by atoms with van der Waals surface area (Å²) in [6, 6.07) is 7.09. The maximum absolute atomic E-state index is 12.4. The van der Waals surface area contributed by atoms with Crippen molar-refractivity contribution >= 4 is 16.9 Å². The summed E-state index contributed by atoms with van der Waals surface area (Å²) in [4.78, 5) is 23.9. The molecule has 1 aromatic heterocycles. The minimum absolute atomic E-state index is 0.213. The summed E-state index contributed by atoms with van der Waals surface area (Å²) < 4.78 is 7.31. The van der Waals surface area contributed by atoms with Crippen molar-refractivity contribution < 1.29 is 14.6 Å². The SMILES string of the molecule is CC.CC.COC1=C(C)C=C(Cn2cc(C(=O)O)c(=O)c3ccccc32)CC=C1C. The molecule has 0 atom stereocenters. The Kier molecular flexibility index (Phi) is 9.82. The third-order valence-electron chi connectivity index (χ3n) is 4.60. The minimum Gasteiger partial charge on any atom is -0.496 e. The van der Waals surface area contributed by atoms with E-state index in [0.717, 1.165) is 34.4 Å². The zero-order valence-electron chi connectivity index (χ0n) is 19.1. The first-order valence-corrected chi connectivity index (χ1v) is 10.4. The molecule has 0 bridgehead atoms. The monoisotopic (exact) mass is 411 g/mol. The lowest BCUT2D eigenvalue weighted by atomic mass is 10.1. The van der Waals surface area contributed by atoms with E-state index < -0.39 is 11.4 Å². The van der Waals surface area contributed by atoms with E-state index in [-0.39, 0.29) is 5.56 Å². The van der Waals surface area contributed by atoms with Crippen LogP contribution in [-0.2, 0) is 11.3 Å². The quantitative estimate of drug-likeness (QED) is 0.675. The Morgan fingerprint density at radius 1 is 1.13 bits per heavy atom. The van der Waals surface area contributed by atoms with Crippen LogP contribution >= 0.6 is 0 Å². The molecule has 162 valence electrons. The number of ether oxygens (including phenoxy) is 1. The van der Waals surface area contributed by atoms with Gasteiger partial charge in [0.2, 0.25) is 5.43 Å². The molecule has 1 N–H and O–H groups in total. The van der Waals surface area contributed by atoms with Crippen LogP contribution in [0.2, 0.25) is 0 Å². The molecule has 1 heterocycles. The minimum atomic E-state index is -1.21. The summed E-state index contributed by atoms with van der Waals surface area (Å²) in [5.74, 6) is -0.353. The summed E-state index contributed by atoms with van der Waals surface area (Å²) in [5.41, 5.74) is 3.27. The molecule has 5 heteroatoms. The molecule has 0 aliphatic heterocycles. The molecular weight excluding hydrogens is 378 g/mol. The van der Waals surface area contributed by atoms with Crippen molar-refractivity contribution in [1.29, 1.82) is 0 Å². The van der Waals surface area contributed by atoms with Gasteiger partial charge in [0.15, 0.2) is 0 Å². The maximum Gasteiger partial charge on any atom is 0.341 e. The first-order valence-electron chi connectivity index (χ1n) is 10.4. The topological polar surface area (TPSA) is 68.5 Å². The van der Waals surface area contributed by atoms with E-state index in [1.807, 2.05) is 58.2 Å². The average Bonchev–Trinajstić information content (AvgIpc) is 2.90. The number of carboxylic acid groups (broad SMARTS) is 1. The van der Waals surface area contributed by atoms with Crippen molar-refractivity contribution in [3.63, 3.8) is 0 Å². The Morgan fingerprint density at radius 2 is 1.77 bits per heavy atom. The molecule has 1 aromatic carbocycles. The Bertz CT molecular complexity index is 1040. The van der Waals surface area contributed by atoms with Crippen molar-refractivity contribution in [2.24, 2.45) is 0 Å². The van der Waals surface area contributed by atoms with Gasteiger partial charge in [0.1, 0.15) is 11.3 Å². The fourth-order valence-corrected chi connectivity index (χ4v) is 3.40. The van der Waals surface area contributed by atoms with Gasteiger partial charge < -0.3 is 14.4 Å². The normalized spacial score (nSPS) is 13.2. The van der Waals surface area contributed by atoms with Gasteiger partial charge in [0.25, 0.3) is 0 Å². The van der Waals surface area contributed by atoms with E-state index in [9.17, 15) is 14.7 Å². The molecule has 5 nitrogen and oxygen atoms in total. The lowest BCUT2D eigenvalue weighted by molar-refractivity contribution is 0.0695. The predicted molar refractivity (Wildman–Crippen MR) is 124 cm³/mol. The number of rotatable bonds is 4. The van der Waals surface area contributed by atoms with Crippen molar-refractivity contribution in [3.8, 4) is 0 Å². The Labute approximate surface area is 179 Å². The van der Waals surface area contributed by atoms with Crippen LogP contribution in [0, 0.1) is 0 Å². The lowest BCUT2D eigenvalue weighted by Gasteiger charge is -2.14. The van der Waals surface area contributed by atoms with Crippen LogP contribution in [0.4, 0.5) is 0 Å². The fraction of sp³-hybridized carbons (Fsp3) is 0.360. The molecule has 0 amide bonds. The highest BCUT2D eigenvalue weighted by Gasteiger charge is 2.16. The van der Waals surface area contributed by atoms with Crippen molar-refractivity contribution in [2.45, 2.75) is 54.5 Å². The number of para-hydroxylation sites is 1. The highest BCUT2D eigenvalue weighted by Crippen LogP contribution is 2.25. The number of aromatic carboxylic acids is 1. The second kappa shape index (κ2) is 11.8. The lowest BCUT2D eigenvalue weighted by Crippen LogP contribution is -2.19. The van der Waals surface area contributed by atoms with Crippen LogP contribution in [0.3, 0.4) is 0 Å². The number of hydrogen-bond acceptors (Lipinski definition) is 3. The number of fused-ring (bicyclic) bond motifs is 1. The molecule has 0 unspecified atom stereocenters. The molecule has 30 heavy (non-hydrogen) atoms. The highest BCUT2D eigenvalue weighted by molar-refractivity contribution is 5.92. The number of benzene rings is 1. The van der Waals surface area contributed by atoms with Gasteiger partial charge in [-0.2, -0.15) is 0 Å². The smallest absolute Gasteiger partial charge is 0.341 e. The van der Waals surface area contributed by atoms with E-state index >= 15 is 0 Å². The van der Waals surface area contributed by atoms with Crippen molar-refractivity contribution in [1.82, 2.24) is 4.57 Å². The fourth-order valence-electron chi connectivity index (χ4n) is 3.40. The molecule has 1 aliphatic rings. The Balaban J connectivity index is 0.00000106. The summed E-state index contributed by atoms with van der Waals surface area (Å²) in [5, 5.41) is 9.80. The van der Waals surface area contributed by atoms with Crippen LogP contribution in [0.25, 0.3) is 10.9 Å². The van der Waals surface area contributed by atoms with Gasteiger partial charge in [-0.15, -0.1) is 0 Å². The van der Waals surface area contributed by atoms with Gasteiger partial charge in [0, 0.05) is 18.1 Å². The van der Waals surface area contributed by atoms with E-state index in [0.29, 0.717) is 11.9 Å². The summed E-state index contributed by atoms with van der Waals surface area (Å²) in [7, 11) is 1.66. The molecule has 0 saturated heterocycles. The largest absolute Gasteiger partial charge is 0.496 e. The van der Waals surface area contributed by atoms with Gasteiger partial charge in [-0.1, -0.05) is 52.0 Å². The predicted octanol–water partition coefficient (Wildman–Crippen LogP) is 5.95. The number of hydrogen-bond donors (Lipinski definition) is 1. The van der Waals surface area contributed by atoms with Gasteiger partial charge in [-0.05, 0) is 49.1 Å². The van der Waals surface area contributed by atoms with Crippen molar-refractivity contribution in [2.75, 3.05) is 7.11 Å². The standard InChI is InChI=1S/C21H21NO4.2C2H6/c1-13-8-9-15(10-14(2)20(13)26-3)11-22-12-17(21(24)25)19(23)16-6-4-5-7-18(16)22;2*1-2/h4-8,10,12H,9,11H2,1-3H3,(H,24,25);2*1-2H3. The molecule has 0 fully saturated rings. The van der Waals surface area contributed by atoms with Crippen LogP contribution < -0.4 is 5.43 Å². The van der Waals surface area contributed by atoms with Gasteiger partial charge >= 0.3 is 5.97 Å². The molecule has 1 aliphatic carbocycles. The average molecular weight is 412 g/mol. The van der Waals surface area contributed by atoms with E-state index in [1.165, 1.54) is 6.20 Å². The Hall–Kier alpha value is -3.08. The van der Waals surface area contributed by atoms with Crippen LogP contribution in [0.15, 0.2) is 69.9 Å². The zero-order chi connectivity index (χ0) is 22.8. The number of carboxylic acids is 1. The third kappa shape index (κ3) is 5.50. The maximum atomic E-state index is 12.4. The Morgan fingerprint density at radius 3 is 2.37 bits per heavy atom. The van der Waals surface area contributed by atoms with Crippen molar-refractivity contribution in [3.05, 3.63) is 80.9 Å².